The van der Waals surface area contributed by atoms with Crippen LogP contribution in [-0.4, -0.2) is 11.9 Å². The maximum Gasteiger partial charge on any atom is 0.323 e. The van der Waals surface area contributed by atoms with Crippen LogP contribution in [0.3, 0.4) is 0 Å². The smallest absolute Gasteiger partial charge is 0.323 e. The summed E-state index contributed by atoms with van der Waals surface area (Å²) < 4.78 is 5.88. The lowest BCUT2D eigenvalue weighted by Crippen LogP contribution is -2.19. The molecule has 3 N–H and O–H groups in total. The van der Waals surface area contributed by atoms with Gasteiger partial charge in [0, 0.05) is 23.1 Å². The van der Waals surface area contributed by atoms with Gasteiger partial charge in [0.2, 0.25) is 5.91 Å². The molecule has 0 aliphatic carbocycles. The number of hydrogen-bond acceptors (Lipinski definition) is 3. The number of rotatable bonds is 5. The van der Waals surface area contributed by atoms with Crippen LogP contribution in [0.5, 0.6) is 0 Å². The van der Waals surface area contributed by atoms with E-state index in [4.69, 9.17) is 4.42 Å². The van der Waals surface area contributed by atoms with Gasteiger partial charge < -0.3 is 20.4 Å². The van der Waals surface area contributed by atoms with E-state index >= 15 is 0 Å². The Bertz CT molecular complexity index is 967. The first-order valence-corrected chi connectivity index (χ1v) is 8.85. The Kier molecular flexibility index (Phi) is 6.06. The maximum atomic E-state index is 12.0. The molecule has 0 aliphatic heterocycles. The van der Waals surface area contributed by atoms with Crippen molar-refractivity contribution in [1.29, 1.82) is 0 Å². The number of carbonyl (C=O) groups is 2. The monoisotopic (exact) mass is 425 g/mol. The topological polar surface area (TPSA) is 83.4 Å². The SMILES string of the molecule is O=C(/C=C/c1ccc(Br)o1)Nc1cccc(NC(=O)Nc2ccccc2)c1. The standard InChI is InChI=1S/C20H16BrN3O3/c21-18-11-9-17(27-18)10-12-19(25)22-15-7-4-8-16(13-15)24-20(26)23-14-5-2-1-3-6-14/h1-13H,(H,22,25)(H2,23,24,26)/b12-10+. The second-order valence-corrected chi connectivity index (χ2v) is 6.27. The summed E-state index contributed by atoms with van der Waals surface area (Å²) in [4.78, 5) is 24.1. The van der Waals surface area contributed by atoms with Gasteiger partial charge in [-0.3, -0.25) is 4.79 Å². The molecule has 0 radical (unpaired) electrons. The fraction of sp³-hybridized carbons (Fsp3) is 0. The molecule has 136 valence electrons. The number of carbonyl (C=O) groups excluding carboxylic acids is 2. The van der Waals surface area contributed by atoms with Crippen molar-refractivity contribution in [1.82, 2.24) is 0 Å². The van der Waals surface area contributed by atoms with Crippen LogP contribution in [0.4, 0.5) is 21.9 Å². The second-order valence-electron chi connectivity index (χ2n) is 5.49. The summed E-state index contributed by atoms with van der Waals surface area (Å²) in [6, 6.07) is 19.1. The lowest BCUT2D eigenvalue weighted by atomic mass is 10.2. The van der Waals surface area contributed by atoms with Crippen molar-refractivity contribution < 1.29 is 14.0 Å². The van der Waals surface area contributed by atoms with Crippen LogP contribution in [0.1, 0.15) is 5.76 Å². The van der Waals surface area contributed by atoms with E-state index < -0.39 is 0 Å². The largest absolute Gasteiger partial charge is 0.450 e. The predicted molar refractivity (Wildman–Crippen MR) is 110 cm³/mol. The number of amides is 3. The zero-order valence-corrected chi connectivity index (χ0v) is 15.7. The normalized spacial score (nSPS) is 10.6. The van der Waals surface area contributed by atoms with Crippen LogP contribution in [0.15, 0.2) is 81.9 Å². The Hall–Kier alpha value is -3.32. The van der Waals surface area contributed by atoms with Crippen molar-refractivity contribution in [2.45, 2.75) is 0 Å². The average molecular weight is 426 g/mol. The Labute approximate surface area is 164 Å². The van der Waals surface area contributed by atoms with Gasteiger partial charge in [0.15, 0.2) is 4.67 Å². The van der Waals surface area contributed by atoms with Gasteiger partial charge in [-0.05, 0) is 64.5 Å². The van der Waals surface area contributed by atoms with Gasteiger partial charge in [0.1, 0.15) is 5.76 Å². The Balaban J connectivity index is 1.57. The highest BCUT2D eigenvalue weighted by atomic mass is 79.9. The van der Waals surface area contributed by atoms with E-state index in [9.17, 15) is 9.59 Å². The van der Waals surface area contributed by atoms with E-state index in [0.29, 0.717) is 27.5 Å². The van der Waals surface area contributed by atoms with Crippen molar-refractivity contribution in [3.63, 3.8) is 0 Å². The molecule has 3 rings (SSSR count). The predicted octanol–water partition coefficient (Wildman–Crippen LogP) is 5.34. The van der Waals surface area contributed by atoms with Crippen LogP contribution < -0.4 is 16.0 Å². The average Bonchev–Trinajstić information content (AvgIpc) is 3.06. The number of nitrogens with one attached hydrogen (secondary N) is 3. The van der Waals surface area contributed by atoms with E-state index in [1.165, 1.54) is 6.08 Å². The van der Waals surface area contributed by atoms with Crippen LogP contribution >= 0.6 is 15.9 Å². The molecule has 27 heavy (non-hydrogen) atoms. The number of para-hydroxylation sites is 1. The van der Waals surface area contributed by atoms with E-state index in [1.807, 2.05) is 18.2 Å². The molecule has 0 fully saturated rings. The third kappa shape index (κ3) is 5.86. The summed E-state index contributed by atoms with van der Waals surface area (Å²) >= 11 is 3.20. The molecule has 2 aromatic carbocycles. The highest BCUT2D eigenvalue weighted by Gasteiger charge is 2.04. The summed E-state index contributed by atoms with van der Waals surface area (Å²) in [5, 5.41) is 8.18. The number of anilines is 3. The van der Waals surface area contributed by atoms with E-state index in [2.05, 4.69) is 31.9 Å². The molecule has 0 saturated carbocycles. The third-order valence-electron chi connectivity index (χ3n) is 3.41. The van der Waals surface area contributed by atoms with Gasteiger partial charge in [-0.25, -0.2) is 4.79 Å². The summed E-state index contributed by atoms with van der Waals surface area (Å²) in [5.41, 5.74) is 1.80. The molecule has 0 aliphatic rings. The van der Waals surface area contributed by atoms with Gasteiger partial charge in [0.05, 0.1) is 0 Å². The highest BCUT2D eigenvalue weighted by molar-refractivity contribution is 9.10. The summed E-state index contributed by atoms with van der Waals surface area (Å²) in [6.07, 6.45) is 2.93. The van der Waals surface area contributed by atoms with Crippen LogP contribution in [-0.2, 0) is 4.79 Å². The van der Waals surface area contributed by atoms with Crippen molar-refractivity contribution in [2.24, 2.45) is 0 Å². The fourth-order valence-electron chi connectivity index (χ4n) is 2.25. The number of benzene rings is 2. The number of urea groups is 1. The molecule has 0 saturated heterocycles. The number of halogens is 1. The highest BCUT2D eigenvalue weighted by Crippen LogP contribution is 2.17. The minimum atomic E-state index is -0.368. The van der Waals surface area contributed by atoms with Crippen molar-refractivity contribution in [2.75, 3.05) is 16.0 Å². The molecule has 0 bridgehead atoms. The second kappa shape index (κ2) is 8.86. The third-order valence-corrected chi connectivity index (χ3v) is 3.84. The van der Waals surface area contributed by atoms with Crippen molar-refractivity contribution >= 4 is 51.0 Å². The molecule has 1 aromatic heterocycles. The molecule has 0 unspecified atom stereocenters. The molecule has 7 heteroatoms. The van der Waals surface area contributed by atoms with Gasteiger partial charge in [-0.1, -0.05) is 24.3 Å². The van der Waals surface area contributed by atoms with Crippen LogP contribution in [0.25, 0.3) is 6.08 Å². The van der Waals surface area contributed by atoms with E-state index in [0.717, 1.165) is 0 Å². The molecule has 6 nitrogen and oxygen atoms in total. The minimum Gasteiger partial charge on any atom is -0.450 e. The van der Waals surface area contributed by atoms with E-state index in [-0.39, 0.29) is 11.9 Å². The molecule has 3 amide bonds. The van der Waals surface area contributed by atoms with Gasteiger partial charge in [0.25, 0.3) is 0 Å². The van der Waals surface area contributed by atoms with Crippen LogP contribution in [0, 0.1) is 0 Å². The maximum absolute atomic E-state index is 12.0. The summed E-state index contributed by atoms with van der Waals surface area (Å²) in [6.45, 7) is 0. The quantitative estimate of drug-likeness (QED) is 0.482. The first-order valence-electron chi connectivity index (χ1n) is 8.06. The zero-order valence-electron chi connectivity index (χ0n) is 14.1. The molecular formula is C20H16BrN3O3. The lowest BCUT2D eigenvalue weighted by molar-refractivity contribution is -0.111. The fourth-order valence-corrected chi connectivity index (χ4v) is 2.57. The Morgan fingerprint density at radius 2 is 1.48 bits per heavy atom. The van der Waals surface area contributed by atoms with Crippen molar-refractivity contribution in [3.05, 3.63) is 83.2 Å². The van der Waals surface area contributed by atoms with Crippen molar-refractivity contribution in [3.8, 4) is 0 Å². The van der Waals surface area contributed by atoms with Gasteiger partial charge in [-0.15, -0.1) is 0 Å². The molecule has 0 atom stereocenters. The number of furan rings is 1. The Morgan fingerprint density at radius 1 is 0.815 bits per heavy atom. The molecule has 0 spiro atoms. The van der Waals surface area contributed by atoms with Gasteiger partial charge in [-0.2, -0.15) is 0 Å². The molecule has 1 heterocycles. The zero-order chi connectivity index (χ0) is 19.1. The lowest BCUT2D eigenvalue weighted by Gasteiger charge is -2.09. The summed E-state index contributed by atoms with van der Waals surface area (Å²) in [5.74, 6) is 0.249. The molecule has 3 aromatic rings. The first kappa shape index (κ1) is 18.5. The van der Waals surface area contributed by atoms with Gasteiger partial charge >= 0.3 is 6.03 Å². The summed E-state index contributed by atoms with van der Waals surface area (Å²) in [7, 11) is 0. The van der Waals surface area contributed by atoms with Crippen LogP contribution in [0.2, 0.25) is 0 Å². The Morgan fingerprint density at radius 3 is 2.19 bits per heavy atom. The van der Waals surface area contributed by atoms with E-state index in [1.54, 1.807) is 54.6 Å². The number of hydrogen-bond donors (Lipinski definition) is 3. The first-order chi connectivity index (χ1) is 13.1. The minimum absolute atomic E-state index is 0.312. The molecular weight excluding hydrogens is 410 g/mol.